The zero-order chi connectivity index (χ0) is 13.3. The number of aromatic amines is 1. The molecule has 0 fully saturated rings. The minimum atomic E-state index is -4.43. The molecule has 1 aromatic carbocycles. The number of hydrogen-bond donors (Lipinski definition) is 1. The molecule has 94 valence electrons. The second-order valence-corrected chi connectivity index (χ2v) is 3.79. The molecule has 1 heterocycles. The molecule has 0 atom stereocenters. The molecule has 1 N–H and O–H groups in total. The van der Waals surface area contributed by atoms with Gasteiger partial charge in [0.1, 0.15) is 5.82 Å². The summed E-state index contributed by atoms with van der Waals surface area (Å²) in [5, 5.41) is 0. The Hall–Kier alpha value is -2.11. The van der Waals surface area contributed by atoms with E-state index in [-0.39, 0.29) is 11.1 Å². The van der Waals surface area contributed by atoms with Gasteiger partial charge in [0.05, 0.1) is 11.1 Å². The number of nitrogens with zero attached hydrogens (tertiary/aromatic N) is 1. The summed E-state index contributed by atoms with van der Waals surface area (Å²) in [7, 11) is 0. The van der Waals surface area contributed by atoms with Gasteiger partial charge in [-0.2, -0.15) is 13.2 Å². The Morgan fingerprint density at radius 1 is 1.28 bits per heavy atom. The van der Waals surface area contributed by atoms with Crippen molar-refractivity contribution in [3.63, 3.8) is 0 Å². The maximum atomic E-state index is 12.5. The highest BCUT2D eigenvalue weighted by atomic mass is 19.4. The average Bonchev–Trinajstić information content (AvgIpc) is 2.28. The summed E-state index contributed by atoms with van der Waals surface area (Å²) in [5.74, 6) is 0.413. The summed E-state index contributed by atoms with van der Waals surface area (Å²) in [6, 6.07) is 4.59. The van der Waals surface area contributed by atoms with Crippen molar-refractivity contribution in [2.75, 3.05) is 0 Å². The van der Waals surface area contributed by atoms with Crippen LogP contribution < -0.4 is 5.56 Å². The first kappa shape index (κ1) is 12.3. The summed E-state index contributed by atoms with van der Waals surface area (Å²) in [4.78, 5) is 17.9. The summed E-state index contributed by atoms with van der Waals surface area (Å²) in [5.41, 5.74) is -0.938. The van der Waals surface area contributed by atoms with Crippen LogP contribution >= 0.6 is 0 Å². The van der Waals surface area contributed by atoms with Crippen molar-refractivity contribution >= 4 is 0 Å². The number of aromatic nitrogens is 2. The number of H-pyrrole nitrogens is 1. The Balaban J connectivity index is 2.55. The van der Waals surface area contributed by atoms with Crippen LogP contribution in [0.15, 0.2) is 35.3 Å². The monoisotopic (exact) mass is 254 g/mol. The van der Waals surface area contributed by atoms with Crippen molar-refractivity contribution in [1.29, 1.82) is 0 Å². The van der Waals surface area contributed by atoms with Gasteiger partial charge in [0.25, 0.3) is 5.56 Å². The lowest BCUT2D eigenvalue weighted by Crippen LogP contribution is -2.12. The Kier molecular flexibility index (Phi) is 2.94. The van der Waals surface area contributed by atoms with E-state index in [0.29, 0.717) is 5.82 Å². The maximum absolute atomic E-state index is 12.5. The van der Waals surface area contributed by atoms with Crippen molar-refractivity contribution < 1.29 is 13.2 Å². The van der Waals surface area contributed by atoms with Crippen molar-refractivity contribution in [3.8, 4) is 11.1 Å². The SMILES string of the molecule is Cc1ncc(-c2cccc(C(F)(F)F)c2)c(=O)[nH]1. The predicted octanol–water partition coefficient (Wildman–Crippen LogP) is 2.76. The van der Waals surface area contributed by atoms with Crippen molar-refractivity contribution in [2.45, 2.75) is 13.1 Å². The lowest BCUT2D eigenvalue weighted by Gasteiger charge is -2.08. The highest BCUT2D eigenvalue weighted by Crippen LogP contribution is 2.31. The third kappa shape index (κ3) is 2.42. The van der Waals surface area contributed by atoms with E-state index >= 15 is 0 Å². The van der Waals surface area contributed by atoms with Gasteiger partial charge in [-0.05, 0) is 24.6 Å². The summed E-state index contributed by atoms with van der Waals surface area (Å²) in [6.45, 7) is 1.59. The third-order valence-corrected chi connectivity index (χ3v) is 2.43. The largest absolute Gasteiger partial charge is 0.416 e. The predicted molar refractivity (Wildman–Crippen MR) is 60.0 cm³/mol. The zero-order valence-corrected chi connectivity index (χ0v) is 9.38. The molecule has 2 aromatic rings. The van der Waals surface area contributed by atoms with E-state index in [2.05, 4.69) is 9.97 Å². The number of halogens is 3. The van der Waals surface area contributed by atoms with E-state index in [0.717, 1.165) is 12.1 Å². The Bertz CT molecular complexity index is 632. The highest BCUT2D eigenvalue weighted by molar-refractivity contribution is 5.62. The van der Waals surface area contributed by atoms with E-state index in [1.807, 2.05) is 0 Å². The first-order valence-electron chi connectivity index (χ1n) is 5.11. The first-order valence-corrected chi connectivity index (χ1v) is 5.11. The third-order valence-electron chi connectivity index (χ3n) is 2.43. The van der Waals surface area contributed by atoms with Crippen LogP contribution in [0.2, 0.25) is 0 Å². The van der Waals surface area contributed by atoms with Gasteiger partial charge in [0.2, 0.25) is 0 Å². The normalized spacial score (nSPS) is 11.6. The molecule has 1 aromatic heterocycles. The highest BCUT2D eigenvalue weighted by Gasteiger charge is 2.30. The van der Waals surface area contributed by atoms with Crippen LogP contribution in [0.3, 0.4) is 0 Å². The standard InChI is InChI=1S/C12H9F3N2O/c1-7-16-6-10(11(18)17-7)8-3-2-4-9(5-8)12(13,14)15/h2-6H,1H3,(H,16,17,18). The summed E-state index contributed by atoms with van der Waals surface area (Å²) < 4.78 is 37.6. The molecule has 2 rings (SSSR count). The Morgan fingerprint density at radius 2 is 2.00 bits per heavy atom. The van der Waals surface area contributed by atoms with Gasteiger partial charge in [-0.1, -0.05) is 12.1 Å². The molecular weight excluding hydrogens is 245 g/mol. The van der Waals surface area contributed by atoms with Crippen molar-refractivity contribution in [1.82, 2.24) is 9.97 Å². The molecule has 6 heteroatoms. The molecule has 0 saturated heterocycles. The fraction of sp³-hybridized carbons (Fsp3) is 0.167. The molecule has 0 bridgehead atoms. The zero-order valence-electron chi connectivity index (χ0n) is 9.38. The van der Waals surface area contributed by atoms with Crippen LogP contribution in [0, 0.1) is 6.92 Å². The minimum Gasteiger partial charge on any atom is -0.310 e. The maximum Gasteiger partial charge on any atom is 0.416 e. The first-order chi connectivity index (χ1) is 8.38. The lowest BCUT2D eigenvalue weighted by atomic mass is 10.1. The number of alkyl halides is 3. The van der Waals surface area contributed by atoms with Gasteiger partial charge >= 0.3 is 6.18 Å². The number of rotatable bonds is 1. The van der Waals surface area contributed by atoms with E-state index in [1.54, 1.807) is 6.92 Å². The van der Waals surface area contributed by atoms with Gasteiger partial charge in [0.15, 0.2) is 0 Å². The molecule has 0 spiro atoms. The molecule has 0 aliphatic rings. The van der Waals surface area contributed by atoms with Gasteiger partial charge in [-0.25, -0.2) is 4.98 Å². The molecule has 0 amide bonds. The van der Waals surface area contributed by atoms with E-state index in [9.17, 15) is 18.0 Å². The van der Waals surface area contributed by atoms with Crippen LogP contribution in [0.5, 0.6) is 0 Å². The quantitative estimate of drug-likeness (QED) is 0.850. The van der Waals surface area contributed by atoms with Crippen LogP contribution in [-0.2, 0) is 6.18 Å². The van der Waals surface area contributed by atoms with Crippen LogP contribution in [-0.4, -0.2) is 9.97 Å². The minimum absolute atomic E-state index is 0.117. The van der Waals surface area contributed by atoms with Gasteiger partial charge < -0.3 is 4.98 Å². The van der Waals surface area contributed by atoms with Gasteiger partial charge in [-0.15, -0.1) is 0 Å². The van der Waals surface area contributed by atoms with Crippen LogP contribution in [0.1, 0.15) is 11.4 Å². The molecule has 18 heavy (non-hydrogen) atoms. The van der Waals surface area contributed by atoms with Crippen molar-refractivity contribution in [2.24, 2.45) is 0 Å². The molecule has 0 radical (unpaired) electrons. The van der Waals surface area contributed by atoms with Gasteiger partial charge in [0, 0.05) is 6.20 Å². The number of aryl methyl sites for hydroxylation is 1. The van der Waals surface area contributed by atoms with E-state index in [4.69, 9.17) is 0 Å². The fourth-order valence-electron chi connectivity index (χ4n) is 1.55. The van der Waals surface area contributed by atoms with Gasteiger partial charge in [-0.3, -0.25) is 4.79 Å². The van der Waals surface area contributed by atoms with E-state index in [1.165, 1.54) is 18.3 Å². The number of hydrogen-bond acceptors (Lipinski definition) is 2. The molecule has 0 aliphatic carbocycles. The van der Waals surface area contributed by atoms with Crippen LogP contribution in [0.4, 0.5) is 13.2 Å². The Morgan fingerprint density at radius 3 is 2.61 bits per heavy atom. The topological polar surface area (TPSA) is 45.8 Å². The van der Waals surface area contributed by atoms with Crippen molar-refractivity contribution in [3.05, 3.63) is 52.2 Å². The second kappa shape index (κ2) is 4.29. The smallest absolute Gasteiger partial charge is 0.310 e. The average molecular weight is 254 g/mol. The lowest BCUT2D eigenvalue weighted by molar-refractivity contribution is -0.137. The van der Waals surface area contributed by atoms with Crippen LogP contribution in [0.25, 0.3) is 11.1 Å². The summed E-state index contributed by atoms with van der Waals surface area (Å²) in [6.07, 6.45) is -3.16. The fourth-order valence-corrected chi connectivity index (χ4v) is 1.55. The summed E-state index contributed by atoms with van der Waals surface area (Å²) >= 11 is 0. The van der Waals surface area contributed by atoms with E-state index < -0.39 is 17.3 Å². The number of benzene rings is 1. The number of nitrogens with one attached hydrogen (secondary N) is 1. The molecule has 0 aliphatic heterocycles. The molecular formula is C12H9F3N2O. The second-order valence-electron chi connectivity index (χ2n) is 3.79. The Labute approximate surface area is 100 Å². The molecule has 0 saturated carbocycles. The molecule has 3 nitrogen and oxygen atoms in total. The molecule has 0 unspecified atom stereocenters.